The van der Waals surface area contributed by atoms with E-state index in [1.54, 1.807) is 11.8 Å². The average Bonchev–Trinajstić information content (AvgIpc) is 2.61. The van der Waals surface area contributed by atoms with Crippen molar-refractivity contribution in [3.8, 4) is 0 Å². The molecule has 5 nitrogen and oxygen atoms in total. The van der Waals surface area contributed by atoms with Gasteiger partial charge in [-0.25, -0.2) is 0 Å². The van der Waals surface area contributed by atoms with Crippen LogP contribution in [-0.4, -0.2) is 71.8 Å². The summed E-state index contributed by atoms with van der Waals surface area (Å²) in [4.78, 5) is 29.8. The van der Waals surface area contributed by atoms with Crippen molar-refractivity contribution in [2.45, 2.75) is 39.7 Å². The van der Waals surface area contributed by atoms with Crippen molar-refractivity contribution in [3.05, 3.63) is 0 Å². The zero-order valence-corrected chi connectivity index (χ0v) is 13.0. The topological polar surface area (TPSA) is 43.9 Å². The Morgan fingerprint density at radius 3 is 2.40 bits per heavy atom. The van der Waals surface area contributed by atoms with Crippen molar-refractivity contribution in [1.29, 1.82) is 0 Å². The van der Waals surface area contributed by atoms with Crippen LogP contribution in [0.5, 0.6) is 0 Å². The lowest BCUT2D eigenvalue weighted by atomic mass is 9.98. The quantitative estimate of drug-likeness (QED) is 0.768. The van der Waals surface area contributed by atoms with Crippen molar-refractivity contribution in [2.75, 3.05) is 39.3 Å². The lowest BCUT2D eigenvalue weighted by molar-refractivity contribution is -0.147. The second-order valence-electron chi connectivity index (χ2n) is 6.09. The third-order valence-corrected chi connectivity index (χ3v) is 4.73. The molecular weight excluding hydrogens is 254 g/mol. The molecule has 5 heteroatoms. The van der Waals surface area contributed by atoms with E-state index in [1.165, 1.54) is 0 Å². The van der Waals surface area contributed by atoms with E-state index in [2.05, 4.69) is 18.7 Å². The highest BCUT2D eigenvalue weighted by atomic mass is 16.2. The van der Waals surface area contributed by atoms with Gasteiger partial charge in [-0.1, -0.05) is 6.92 Å². The molecule has 114 valence electrons. The fourth-order valence-electron chi connectivity index (χ4n) is 3.01. The Kier molecular flexibility index (Phi) is 5.02. The van der Waals surface area contributed by atoms with Crippen molar-refractivity contribution >= 4 is 11.8 Å². The van der Waals surface area contributed by atoms with Gasteiger partial charge >= 0.3 is 0 Å². The highest BCUT2D eigenvalue weighted by Gasteiger charge is 2.37. The number of nitrogens with zero attached hydrogens (tertiary/aromatic N) is 3. The lowest BCUT2D eigenvalue weighted by Gasteiger charge is -2.40. The molecule has 2 aliphatic heterocycles. The van der Waals surface area contributed by atoms with Crippen LogP contribution in [0, 0.1) is 5.92 Å². The SMILES string of the molecule is CCC(C)N1CCCN(C(=O)C2CN(C(C)=O)C2)CC1. The van der Waals surface area contributed by atoms with Crippen LogP contribution in [0.15, 0.2) is 0 Å². The molecule has 0 N–H and O–H groups in total. The molecule has 1 unspecified atom stereocenters. The molecule has 20 heavy (non-hydrogen) atoms. The third kappa shape index (κ3) is 3.32. The molecule has 2 rings (SSSR count). The molecule has 0 spiro atoms. The van der Waals surface area contributed by atoms with Gasteiger partial charge in [-0.15, -0.1) is 0 Å². The van der Waals surface area contributed by atoms with E-state index in [0.717, 1.165) is 39.0 Å². The minimum Gasteiger partial charge on any atom is -0.341 e. The van der Waals surface area contributed by atoms with Gasteiger partial charge in [0.05, 0.1) is 5.92 Å². The van der Waals surface area contributed by atoms with Gasteiger partial charge in [0, 0.05) is 52.2 Å². The molecule has 1 atom stereocenters. The molecule has 2 fully saturated rings. The van der Waals surface area contributed by atoms with Gasteiger partial charge in [0.1, 0.15) is 0 Å². The van der Waals surface area contributed by atoms with E-state index in [-0.39, 0.29) is 17.7 Å². The van der Waals surface area contributed by atoms with Crippen LogP contribution in [0.2, 0.25) is 0 Å². The summed E-state index contributed by atoms with van der Waals surface area (Å²) in [7, 11) is 0. The summed E-state index contributed by atoms with van der Waals surface area (Å²) in [5.74, 6) is 0.357. The smallest absolute Gasteiger partial charge is 0.229 e. The highest BCUT2D eigenvalue weighted by Crippen LogP contribution is 2.19. The Labute approximate surface area is 121 Å². The van der Waals surface area contributed by atoms with E-state index in [9.17, 15) is 9.59 Å². The van der Waals surface area contributed by atoms with Crippen LogP contribution in [0.1, 0.15) is 33.6 Å². The first-order valence-corrected chi connectivity index (χ1v) is 7.81. The summed E-state index contributed by atoms with van der Waals surface area (Å²) in [5, 5.41) is 0. The van der Waals surface area contributed by atoms with Crippen molar-refractivity contribution in [3.63, 3.8) is 0 Å². The van der Waals surface area contributed by atoms with E-state index >= 15 is 0 Å². The van der Waals surface area contributed by atoms with Crippen LogP contribution in [-0.2, 0) is 9.59 Å². The van der Waals surface area contributed by atoms with Gasteiger partial charge < -0.3 is 9.80 Å². The molecule has 0 aliphatic carbocycles. The number of amides is 2. The molecule has 0 radical (unpaired) electrons. The van der Waals surface area contributed by atoms with Gasteiger partial charge in [-0.2, -0.15) is 0 Å². The van der Waals surface area contributed by atoms with Crippen LogP contribution in [0.25, 0.3) is 0 Å². The Balaban J connectivity index is 1.82. The van der Waals surface area contributed by atoms with E-state index in [1.807, 2.05) is 4.90 Å². The second kappa shape index (κ2) is 6.57. The maximum absolute atomic E-state index is 12.4. The molecule has 0 bridgehead atoms. The van der Waals surface area contributed by atoms with Gasteiger partial charge in [-0.3, -0.25) is 14.5 Å². The number of hydrogen-bond donors (Lipinski definition) is 0. The molecular formula is C15H27N3O2. The molecule has 0 aromatic heterocycles. The minimum absolute atomic E-state index is 0.0362. The summed E-state index contributed by atoms with van der Waals surface area (Å²) in [5.41, 5.74) is 0. The summed E-state index contributed by atoms with van der Waals surface area (Å²) in [6, 6.07) is 0.599. The fourth-order valence-corrected chi connectivity index (χ4v) is 3.01. The zero-order chi connectivity index (χ0) is 14.7. The molecule has 2 amide bonds. The maximum Gasteiger partial charge on any atom is 0.229 e. The zero-order valence-electron chi connectivity index (χ0n) is 13.0. The predicted octanol–water partition coefficient (Wildman–Crippen LogP) is 0.798. The van der Waals surface area contributed by atoms with Crippen LogP contribution < -0.4 is 0 Å². The number of likely N-dealkylation sites (tertiary alicyclic amines) is 1. The number of carbonyl (C=O) groups is 2. The van der Waals surface area contributed by atoms with Crippen molar-refractivity contribution in [1.82, 2.24) is 14.7 Å². The Bertz CT molecular complexity index is 366. The summed E-state index contributed by atoms with van der Waals surface area (Å²) < 4.78 is 0. The average molecular weight is 281 g/mol. The molecule has 0 aromatic carbocycles. The summed E-state index contributed by atoms with van der Waals surface area (Å²) >= 11 is 0. The minimum atomic E-state index is 0.0362. The Morgan fingerprint density at radius 1 is 1.10 bits per heavy atom. The number of hydrogen-bond acceptors (Lipinski definition) is 3. The van der Waals surface area contributed by atoms with Gasteiger partial charge in [-0.05, 0) is 19.8 Å². The molecule has 0 aromatic rings. The Hall–Kier alpha value is -1.10. The maximum atomic E-state index is 12.4. The molecule has 0 saturated carbocycles. The van der Waals surface area contributed by atoms with Crippen LogP contribution >= 0.6 is 0 Å². The summed E-state index contributed by atoms with van der Waals surface area (Å²) in [6.45, 7) is 11.0. The predicted molar refractivity (Wildman–Crippen MR) is 78.3 cm³/mol. The standard InChI is InChI=1S/C15H27N3O2/c1-4-12(2)16-6-5-7-17(9-8-16)15(20)14-10-18(11-14)13(3)19/h12,14H,4-11H2,1-3H3. The first kappa shape index (κ1) is 15.3. The van der Waals surface area contributed by atoms with E-state index < -0.39 is 0 Å². The molecule has 2 heterocycles. The molecule has 2 saturated heterocycles. The van der Waals surface area contributed by atoms with E-state index in [0.29, 0.717) is 19.1 Å². The summed E-state index contributed by atoms with van der Waals surface area (Å²) in [6.07, 6.45) is 2.21. The second-order valence-corrected chi connectivity index (χ2v) is 6.09. The lowest BCUT2D eigenvalue weighted by Crippen LogP contribution is -2.56. The largest absolute Gasteiger partial charge is 0.341 e. The van der Waals surface area contributed by atoms with Gasteiger partial charge in [0.15, 0.2) is 0 Å². The van der Waals surface area contributed by atoms with Gasteiger partial charge in [0.25, 0.3) is 0 Å². The monoisotopic (exact) mass is 281 g/mol. The highest BCUT2D eigenvalue weighted by molar-refractivity contribution is 5.83. The van der Waals surface area contributed by atoms with Crippen LogP contribution in [0.3, 0.4) is 0 Å². The first-order valence-electron chi connectivity index (χ1n) is 7.81. The van der Waals surface area contributed by atoms with Crippen molar-refractivity contribution < 1.29 is 9.59 Å². The van der Waals surface area contributed by atoms with E-state index in [4.69, 9.17) is 0 Å². The van der Waals surface area contributed by atoms with Crippen molar-refractivity contribution in [2.24, 2.45) is 5.92 Å². The third-order valence-electron chi connectivity index (χ3n) is 4.73. The number of rotatable bonds is 3. The number of carbonyl (C=O) groups excluding carboxylic acids is 2. The van der Waals surface area contributed by atoms with Crippen LogP contribution in [0.4, 0.5) is 0 Å². The first-order chi connectivity index (χ1) is 9.52. The fraction of sp³-hybridized carbons (Fsp3) is 0.867. The molecule has 2 aliphatic rings. The normalized spacial score (nSPS) is 23.1. The van der Waals surface area contributed by atoms with Gasteiger partial charge in [0.2, 0.25) is 11.8 Å². The Morgan fingerprint density at radius 2 is 1.80 bits per heavy atom.